The largest absolute Gasteiger partial charge is 0.390 e. The predicted octanol–water partition coefficient (Wildman–Crippen LogP) is 0.0826. The van der Waals surface area contributed by atoms with Crippen LogP contribution in [0.2, 0.25) is 0 Å². The second-order valence-corrected chi connectivity index (χ2v) is 5.67. The molecule has 1 rings (SSSR count). The van der Waals surface area contributed by atoms with Gasteiger partial charge in [0.15, 0.2) is 4.77 Å². The minimum Gasteiger partial charge on any atom is -0.390 e. The van der Waals surface area contributed by atoms with Gasteiger partial charge in [0.2, 0.25) is 0 Å². The standard InChI is InChI=1S/C7H12N2O3S2/c1-14(11,12)3-2-9-6(5-10)4-8-7(9)13/h4,10H,2-3,5H2,1H3,(H,8,13). The highest BCUT2D eigenvalue weighted by molar-refractivity contribution is 7.90. The second-order valence-electron chi connectivity index (χ2n) is 3.02. The summed E-state index contributed by atoms with van der Waals surface area (Å²) in [5.41, 5.74) is 0.596. The summed E-state index contributed by atoms with van der Waals surface area (Å²) in [7, 11) is -3.00. The van der Waals surface area contributed by atoms with Crippen molar-refractivity contribution < 1.29 is 13.5 Å². The molecule has 14 heavy (non-hydrogen) atoms. The van der Waals surface area contributed by atoms with Gasteiger partial charge in [-0.05, 0) is 12.2 Å². The summed E-state index contributed by atoms with van der Waals surface area (Å²) >= 11 is 4.93. The van der Waals surface area contributed by atoms with E-state index in [2.05, 4.69) is 4.98 Å². The molecule has 80 valence electrons. The minimum absolute atomic E-state index is 0.0200. The van der Waals surface area contributed by atoms with Crippen LogP contribution in [0.25, 0.3) is 0 Å². The lowest BCUT2D eigenvalue weighted by molar-refractivity contribution is 0.271. The number of rotatable bonds is 4. The molecule has 0 aliphatic carbocycles. The van der Waals surface area contributed by atoms with Crippen LogP contribution in [0.5, 0.6) is 0 Å². The lowest BCUT2D eigenvalue weighted by Gasteiger charge is -2.04. The summed E-state index contributed by atoms with van der Waals surface area (Å²) < 4.78 is 23.8. The molecular formula is C7H12N2O3S2. The topological polar surface area (TPSA) is 75.1 Å². The van der Waals surface area contributed by atoms with E-state index in [-0.39, 0.29) is 18.9 Å². The average molecular weight is 236 g/mol. The fourth-order valence-corrected chi connectivity index (χ4v) is 1.85. The van der Waals surface area contributed by atoms with Gasteiger partial charge in [0, 0.05) is 19.0 Å². The van der Waals surface area contributed by atoms with Crippen molar-refractivity contribution in [3.8, 4) is 0 Å². The number of nitrogens with zero attached hydrogens (tertiary/aromatic N) is 1. The zero-order valence-electron chi connectivity index (χ0n) is 7.73. The van der Waals surface area contributed by atoms with Gasteiger partial charge >= 0.3 is 0 Å². The van der Waals surface area contributed by atoms with Crippen molar-refractivity contribution in [3.05, 3.63) is 16.7 Å². The van der Waals surface area contributed by atoms with Gasteiger partial charge in [-0.25, -0.2) is 8.42 Å². The molecule has 0 spiro atoms. The van der Waals surface area contributed by atoms with Gasteiger partial charge in [-0.1, -0.05) is 0 Å². The van der Waals surface area contributed by atoms with Crippen molar-refractivity contribution in [1.82, 2.24) is 9.55 Å². The van der Waals surface area contributed by atoms with Crippen molar-refractivity contribution in [1.29, 1.82) is 0 Å². The Kier molecular flexibility index (Phi) is 3.46. The van der Waals surface area contributed by atoms with Crippen LogP contribution in [0.3, 0.4) is 0 Å². The van der Waals surface area contributed by atoms with Crippen LogP contribution in [0.15, 0.2) is 6.20 Å². The van der Waals surface area contributed by atoms with Crippen molar-refractivity contribution in [2.24, 2.45) is 0 Å². The van der Waals surface area contributed by atoms with E-state index >= 15 is 0 Å². The molecular weight excluding hydrogens is 224 g/mol. The molecule has 0 unspecified atom stereocenters. The van der Waals surface area contributed by atoms with Gasteiger partial charge in [-0.2, -0.15) is 0 Å². The van der Waals surface area contributed by atoms with Gasteiger partial charge < -0.3 is 14.7 Å². The molecule has 0 aromatic carbocycles. The quantitative estimate of drug-likeness (QED) is 0.726. The van der Waals surface area contributed by atoms with Gasteiger partial charge in [0.1, 0.15) is 9.84 Å². The fraction of sp³-hybridized carbons (Fsp3) is 0.571. The third-order valence-electron chi connectivity index (χ3n) is 1.80. The van der Waals surface area contributed by atoms with E-state index in [1.54, 1.807) is 10.8 Å². The highest BCUT2D eigenvalue weighted by atomic mass is 32.2. The number of nitrogens with one attached hydrogen (secondary N) is 1. The Morgan fingerprint density at radius 3 is 2.79 bits per heavy atom. The maximum absolute atomic E-state index is 10.9. The van der Waals surface area contributed by atoms with Gasteiger partial charge in [-0.15, -0.1) is 0 Å². The Morgan fingerprint density at radius 1 is 1.64 bits per heavy atom. The Balaban J connectivity index is 2.86. The lowest BCUT2D eigenvalue weighted by Crippen LogP contribution is -2.13. The number of imidazole rings is 1. The first-order valence-corrected chi connectivity index (χ1v) is 6.46. The van der Waals surface area contributed by atoms with Crippen LogP contribution in [0, 0.1) is 4.77 Å². The maximum Gasteiger partial charge on any atom is 0.177 e. The lowest BCUT2D eigenvalue weighted by atomic mass is 10.5. The number of aromatic nitrogens is 2. The van der Waals surface area contributed by atoms with Crippen molar-refractivity contribution in [3.63, 3.8) is 0 Å². The first-order chi connectivity index (χ1) is 6.44. The minimum atomic E-state index is -3.00. The van der Waals surface area contributed by atoms with Crippen LogP contribution in [0.4, 0.5) is 0 Å². The molecule has 1 aromatic heterocycles. The van der Waals surface area contributed by atoms with Crippen molar-refractivity contribution in [2.45, 2.75) is 13.2 Å². The van der Waals surface area contributed by atoms with E-state index in [9.17, 15) is 8.42 Å². The van der Waals surface area contributed by atoms with Crippen molar-refractivity contribution >= 4 is 22.1 Å². The zero-order chi connectivity index (χ0) is 10.8. The number of sulfone groups is 1. The van der Waals surface area contributed by atoms with Crippen LogP contribution < -0.4 is 0 Å². The molecule has 7 heteroatoms. The number of hydrogen-bond donors (Lipinski definition) is 2. The molecule has 0 atom stereocenters. The number of hydrogen-bond acceptors (Lipinski definition) is 4. The molecule has 0 bridgehead atoms. The normalized spacial score (nSPS) is 11.9. The Morgan fingerprint density at radius 2 is 2.29 bits per heavy atom. The van der Waals surface area contributed by atoms with E-state index in [0.717, 1.165) is 0 Å². The third kappa shape index (κ3) is 2.93. The summed E-state index contributed by atoms with van der Waals surface area (Å²) in [6, 6.07) is 0. The third-order valence-corrected chi connectivity index (χ3v) is 3.06. The monoisotopic (exact) mass is 236 g/mol. The Labute approximate surface area is 87.3 Å². The second kappa shape index (κ2) is 4.24. The van der Waals surface area contributed by atoms with Crippen LogP contribution in [0.1, 0.15) is 5.69 Å². The molecule has 0 fully saturated rings. The molecule has 1 aromatic rings. The molecule has 0 aliphatic heterocycles. The molecule has 1 heterocycles. The average Bonchev–Trinajstić information content (AvgIpc) is 2.41. The summed E-state index contributed by atoms with van der Waals surface area (Å²) in [6.45, 7) is 0.119. The smallest absolute Gasteiger partial charge is 0.177 e. The van der Waals surface area contributed by atoms with Crippen LogP contribution in [-0.4, -0.2) is 35.1 Å². The van der Waals surface area contributed by atoms with E-state index < -0.39 is 9.84 Å². The first-order valence-electron chi connectivity index (χ1n) is 3.99. The molecule has 0 saturated heterocycles. The SMILES string of the molecule is CS(=O)(=O)CCn1c(CO)c[nH]c1=S. The highest BCUT2D eigenvalue weighted by Gasteiger charge is 2.06. The maximum atomic E-state index is 10.9. The van der Waals surface area contributed by atoms with Crippen LogP contribution >= 0.6 is 12.2 Å². The highest BCUT2D eigenvalue weighted by Crippen LogP contribution is 2.02. The van der Waals surface area contributed by atoms with Gasteiger partial charge in [0.05, 0.1) is 18.1 Å². The number of aliphatic hydroxyl groups is 1. The molecule has 0 amide bonds. The Hall–Kier alpha value is -0.660. The molecule has 0 aliphatic rings. The molecule has 0 saturated carbocycles. The number of aromatic amines is 1. The van der Waals surface area contributed by atoms with Crippen molar-refractivity contribution in [2.75, 3.05) is 12.0 Å². The molecule has 5 nitrogen and oxygen atoms in total. The number of H-pyrrole nitrogens is 1. The van der Waals surface area contributed by atoms with Crippen LogP contribution in [-0.2, 0) is 23.0 Å². The fourth-order valence-electron chi connectivity index (χ4n) is 1.06. The molecule has 0 radical (unpaired) electrons. The summed E-state index contributed by atoms with van der Waals surface area (Å²) in [5, 5.41) is 8.92. The zero-order valence-corrected chi connectivity index (χ0v) is 9.36. The molecule has 2 N–H and O–H groups in total. The van der Waals surface area contributed by atoms with Gasteiger partial charge in [0.25, 0.3) is 0 Å². The summed E-state index contributed by atoms with van der Waals surface area (Å²) in [6.07, 6.45) is 2.74. The van der Waals surface area contributed by atoms with E-state index in [1.165, 1.54) is 6.26 Å². The first kappa shape index (κ1) is 11.4. The van der Waals surface area contributed by atoms with E-state index in [4.69, 9.17) is 17.3 Å². The summed E-state index contributed by atoms with van der Waals surface area (Å²) in [5.74, 6) is 0.0200. The van der Waals surface area contributed by atoms with E-state index in [0.29, 0.717) is 10.5 Å². The number of aliphatic hydroxyl groups excluding tert-OH is 1. The van der Waals surface area contributed by atoms with E-state index in [1.807, 2.05) is 0 Å². The summed E-state index contributed by atoms with van der Waals surface area (Å²) in [4.78, 5) is 2.75. The predicted molar refractivity (Wildman–Crippen MR) is 55.3 cm³/mol. The Bertz CT molecular complexity index is 458. The van der Waals surface area contributed by atoms with Gasteiger partial charge in [-0.3, -0.25) is 0 Å².